The van der Waals surface area contributed by atoms with Gasteiger partial charge in [0.1, 0.15) is 0 Å². The number of hydrogen-bond acceptors (Lipinski definition) is 0. The van der Waals surface area contributed by atoms with E-state index < -0.39 is 0 Å². The minimum atomic E-state index is -0.0238. The Morgan fingerprint density at radius 2 is 0.755 bits per heavy atom. The lowest BCUT2D eigenvalue weighted by atomic mass is 9.81. The zero-order valence-electron chi connectivity index (χ0n) is 27.7. The van der Waals surface area contributed by atoms with Crippen molar-refractivity contribution in [1.29, 1.82) is 0 Å². The van der Waals surface area contributed by atoms with E-state index in [0.29, 0.717) is 0 Å². The molecule has 0 saturated heterocycles. The summed E-state index contributed by atoms with van der Waals surface area (Å²) in [5.41, 5.74) is 13.1. The van der Waals surface area contributed by atoms with E-state index in [-0.39, 0.29) is 5.41 Å². The molecule has 0 amide bonds. The predicted molar refractivity (Wildman–Crippen MR) is 210 cm³/mol. The van der Waals surface area contributed by atoms with E-state index in [1.54, 1.807) is 0 Å². The molecule has 0 unspecified atom stereocenters. The van der Waals surface area contributed by atoms with Crippen molar-refractivity contribution in [2.45, 2.75) is 19.3 Å². The number of rotatable bonds is 3. The van der Waals surface area contributed by atoms with Crippen LogP contribution in [0.4, 0.5) is 0 Å². The molecule has 1 aliphatic carbocycles. The van der Waals surface area contributed by atoms with E-state index in [1.807, 2.05) is 0 Å². The highest BCUT2D eigenvalue weighted by Crippen LogP contribution is 2.50. The van der Waals surface area contributed by atoms with Crippen LogP contribution < -0.4 is 0 Å². The molecule has 0 heterocycles. The van der Waals surface area contributed by atoms with Crippen molar-refractivity contribution in [1.82, 2.24) is 0 Å². The molecule has 0 fully saturated rings. The van der Waals surface area contributed by atoms with E-state index in [4.69, 9.17) is 0 Å². The Labute approximate surface area is 286 Å². The Balaban J connectivity index is 1.06. The van der Waals surface area contributed by atoms with Crippen molar-refractivity contribution in [3.05, 3.63) is 181 Å². The second-order valence-corrected chi connectivity index (χ2v) is 14.1. The normalized spacial score (nSPS) is 13.3. The van der Waals surface area contributed by atoms with Gasteiger partial charge < -0.3 is 0 Å². The maximum Gasteiger partial charge on any atom is 0.0159 e. The molecule has 0 nitrogen and oxygen atoms in total. The molecular weight excluding hydrogens is 589 g/mol. The average molecular weight is 623 g/mol. The standard InChI is InChI=1S/C49H34/c1-49(2)47-18-10-9-17-44(47)45-24-23-36(30-48(45)49)39-26-25-38(41-14-5-6-15-42(39)41)34-21-19-32-28-35(22-20-31(32)27-34)46-29-33-11-3-4-12-37(33)40-13-7-8-16-43(40)46/h3-30H,1-2H3. The fourth-order valence-corrected chi connectivity index (χ4v) is 8.55. The predicted octanol–water partition coefficient (Wildman–Crippen LogP) is 13.6. The van der Waals surface area contributed by atoms with E-state index in [2.05, 4.69) is 184 Å². The second-order valence-electron chi connectivity index (χ2n) is 14.1. The van der Waals surface area contributed by atoms with Crippen LogP contribution in [0.5, 0.6) is 0 Å². The largest absolute Gasteiger partial charge is 0.0619 e. The third-order valence-corrected chi connectivity index (χ3v) is 11.0. The molecule has 230 valence electrons. The van der Waals surface area contributed by atoms with Crippen LogP contribution in [0.15, 0.2) is 170 Å². The summed E-state index contributed by atoms with van der Waals surface area (Å²) in [7, 11) is 0. The molecule has 0 spiro atoms. The molecule has 1 aliphatic rings. The summed E-state index contributed by atoms with van der Waals surface area (Å²) in [5, 5.41) is 10.2. The maximum absolute atomic E-state index is 2.43. The molecule has 0 atom stereocenters. The van der Waals surface area contributed by atoms with Gasteiger partial charge in [0.25, 0.3) is 0 Å². The van der Waals surface area contributed by atoms with Crippen molar-refractivity contribution in [2.75, 3.05) is 0 Å². The summed E-state index contributed by atoms with van der Waals surface area (Å²) < 4.78 is 0. The molecule has 0 heteroatoms. The smallest absolute Gasteiger partial charge is 0.0159 e. The van der Waals surface area contributed by atoms with Crippen molar-refractivity contribution in [3.8, 4) is 44.5 Å². The highest BCUT2D eigenvalue weighted by atomic mass is 14.4. The molecule has 0 aromatic heterocycles. The Morgan fingerprint density at radius 3 is 1.45 bits per heavy atom. The zero-order valence-corrected chi connectivity index (χ0v) is 27.7. The van der Waals surface area contributed by atoms with Gasteiger partial charge in [0.2, 0.25) is 0 Å². The third kappa shape index (κ3) is 4.24. The second kappa shape index (κ2) is 10.5. The van der Waals surface area contributed by atoms with Gasteiger partial charge >= 0.3 is 0 Å². The van der Waals surface area contributed by atoms with E-state index in [9.17, 15) is 0 Å². The van der Waals surface area contributed by atoms with Crippen LogP contribution >= 0.6 is 0 Å². The minimum absolute atomic E-state index is 0.0238. The minimum Gasteiger partial charge on any atom is -0.0619 e. The van der Waals surface area contributed by atoms with Gasteiger partial charge in [-0.1, -0.05) is 159 Å². The summed E-state index contributed by atoms with van der Waals surface area (Å²) >= 11 is 0. The van der Waals surface area contributed by atoms with E-state index in [0.717, 1.165) is 0 Å². The first-order valence-electron chi connectivity index (χ1n) is 17.3. The molecule has 0 aliphatic heterocycles. The van der Waals surface area contributed by atoms with Crippen molar-refractivity contribution >= 4 is 43.1 Å². The molecule has 0 radical (unpaired) electrons. The first kappa shape index (κ1) is 28.1. The van der Waals surface area contributed by atoms with Crippen LogP contribution in [0.3, 0.4) is 0 Å². The molecule has 49 heavy (non-hydrogen) atoms. The number of hydrogen-bond donors (Lipinski definition) is 0. The zero-order chi connectivity index (χ0) is 32.7. The molecule has 10 rings (SSSR count). The first-order chi connectivity index (χ1) is 24.0. The van der Waals surface area contributed by atoms with Crippen molar-refractivity contribution in [3.63, 3.8) is 0 Å². The van der Waals surface area contributed by atoms with Crippen LogP contribution in [-0.2, 0) is 5.41 Å². The average Bonchev–Trinajstić information content (AvgIpc) is 3.39. The van der Waals surface area contributed by atoms with Gasteiger partial charge in [-0.05, 0) is 123 Å². The van der Waals surface area contributed by atoms with Gasteiger partial charge in [-0.2, -0.15) is 0 Å². The van der Waals surface area contributed by atoms with Crippen LogP contribution in [-0.4, -0.2) is 0 Å². The van der Waals surface area contributed by atoms with Gasteiger partial charge in [0.15, 0.2) is 0 Å². The Morgan fingerprint density at radius 1 is 0.286 bits per heavy atom. The Hall–Kier alpha value is -5.98. The maximum atomic E-state index is 2.43. The quantitative estimate of drug-likeness (QED) is 0.172. The topological polar surface area (TPSA) is 0 Å². The van der Waals surface area contributed by atoms with Crippen LogP contribution in [0, 0.1) is 0 Å². The van der Waals surface area contributed by atoms with Gasteiger partial charge in [-0.25, -0.2) is 0 Å². The highest BCUT2D eigenvalue weighted by Gasteiger charge is 2.35. The molecule has 9 aromatic carbocycles. The highest BCUT2D eigenvalue weighted by molar-refractivity contribution is 6.14. The Kier molecular flexibility index (Phi) is 6.02. The molecule has 0 N–H and O–H groups in total. The van der Waals surface area contributed by atoms with Crippen molar-refractivity contribution in [2.24, 2.45) is 0 Å². The fraction of sp³-hybridized carbons (Fsp3) is 0.0612. The molecule has 0 saturated carbocycles. The van der Waals surface area contributed by atoms with Gasteiger partial charge in [-0.3, -0.25) is 0 Å². The molecule has 0 bridgehead atoms. The lowest BCUT2D eigenvalue weighted by Crippen LogP contribution is -2.14. The van der Waals surface area contributed by atoms with Gasteiger partial charge in [-0.15, -0.1) is 0 Å². The lowest BCUT2D eigenvalue weighted by Gasteiger charge is -2.22. The first-order valence-corrected chi connectivity index (χ1v) is 17.3. The van der Waals surface area contributed by atoms with Crippen molar-refractivity contribution < 1.29 is 0 Å². The van der Waals surface area contributed by atoms with Crippen LogP contribution in [0.1, 0.15) is 25.0 Å². The van der Waals surface area contributed by atoms with Gasteiger partial charge in [0.05, 0.1) is 0 Å². The summed E-state index contributed by atoms with van der Waals surface area (Å²) in [6.07, 6.45) is 0. The summed E-state index contributed by atoms with van der Waals surface area (Å²) in [4.78, 5) is 0. The van der Waals surface area contributed by atoms with E-state index in [1.165, 1.54) is 98.7 Å². The van der Waals surface area contributed by atoms with E-state index >= 15 is 0 Å². The molecule has 9 aromatic rings. The third-order valence-electron chi connectivity index (χ3n) is 11.0. The summed E-state index contributed by atoms with van der Waals surface area (Å²) in [5.74, 6) is 0. The Bertz CT molecular complexity index is 2800. The lowest BCUT2D eigenvalue weighted by molar-refractivity contribution is 0.660. The fourth-order valence-electron chi connectivity index (χ4n) is 8.55. The molecular formula is C49H34. The summed E-state index contributed by atoms with van der Waals surface area (Å²) in [6.45, 7) is 4.71. The van der Waals surface area contributed by atoms with Gasteiger partial charge in [0, 0.05) is 5.41 Å². The van der Waals surface area contributed by atoms with Crippen LogP contribution in [0.25, 0.3) is 87.6 Å². The number of benzene rings is 9. The SMILES string of the molecule is CC1(C)c2ccccc2-c2ccc(-c3ccc(-c4ccc5cc(-c6cc7ccccc7c7ccccc67)ccc5c4)c4ccccc34)cc21. The summed E-state index contributed by atoms with van der Waals surface area (Å²) in [6, 6.07) is 63.2. The van der Waals surface area contributed by atoms with Crippen LogP contribution in [0.2, 0.25) is 0 Å². The monoisotopic (exact) mass is 622 g/mol. The number of fused-ring (bicyclic) bond motifs is 8.